The smallest absolute Gasteiger partial charge is 0.473 e. The highest BCUT2D eigenvalue weighted by Gasteiger charge is 2.40. The first-order valence-electron chi connectivity index (χ1n) is 6.75. The van der Waals surface area contributed by atoms with Crippen LogP contribution in [0.1, 0.15) is 59.4 Å². The van der Waals surface area contributed by atoms with Crippen LogP contribution in [-0.2, 0) is 4.65 Å². The van der Waals surface area contributed by atoms with Gasteiger partial charge in [-0.1, -0.05) is 13.8 Å². The van der Waals surface area contributed by atoms with Gasteiger partial charge in [-0.3, -0.25) is 0 Å². The van der Waals surface area contributed by atoms with Crippen molar-refractivity contribution >= 4 is 12.8 Å². The minimum Gasteiger partial charge on any atom is -0.473 e. The third-order valence-corrected chi connectivity index (χ3v) is 3.94. The fourth-order valence-electron chi connectivity index (χ4n) is 1.47. The Labute approximate surface area is 115 Å². The van der Waals surface area contributed by atoms with Crippen LogP contribution in [0.25, 0.3) is 0 Å². The molecule has 1 aromatic heterocycles. The molecule has 0 aliphatic carbocycles. The maximum atomic E-state index is 10.1. The van der Waals surface area contributed by atoms with Crippen molar-refractivity contribution in [3.05, 3.63) is 17.9 Å². The number of rotatable bonds is 6. The molecule has 19 heavy (non-hydrogen) atoms. The van der Waals surface area contributed by atoms with Gasteiger partial charge >= 0.3 is 7.12 Å². The zero-order valence-corrected chi connectivity index (χ0v) is 12.7. The fraction of sp³-hybridized carbons (Fsp3) is 0.714. The number of furan rings is 1. The quantitative estimate of drug-likeness (QED) is 0.775. The highest BCUT2D eigenvalue weighted by Crippen LogP contribution is 2.25. The van der Waals surface area contributed by atoms with Gasteiger partial charge < -0.3 is 19.2 Å². The molecule has 1 aromatic rings. The molecule has 0 aliphatic heterocycles. The van der Waals surface area contributed by atoms with Crippen LogP contribution in [0.5, 0.6) is 0 Å². The van der Waals surface area contributed by atoms with Crippen LogP contribution >= 0.6 is 0 Å². The summed E-state index contributed by atoms with van der Waals surface area (Å²) in [5, 5.41) is 20.1. The standard InChI is InChI=1S/C14H25BO4/c1-7-10(2)11-8-12(18-9-11)15(17)19-14(5,6)13(3,4)16/h8-10,16-17H,7H2,1-6H3. The lowest BCUT2D eigenvalue weighted by molar-refractivity contribution is -0.0986. The second kappa shape index (κ2) is 5.69. The third-order valence-electron chi connectivity index (χ3n) is 3.94. The highest BCUT2D eigenvalue weighted by molar-refractivity contribution is 6.58. The van der Waals surface area contributed by atoms with Gasteiger partial charge in [-0.25, -0.2) is 0 Å². The van der Waals surface area contributed by atoms with Crippen molar-refractivity contribution in [2.24, 2.45) is 0 Å². The predicted octanol–water partition coefficient (Wildman–Crippen LogP) is 2.05. The molecule has 1 rings (SSSR count). The van der Waals surface area contributed by atoms with Crippen LogP contribution in [0.15, 0.2) is 16.7 Å². The zero-order chi connectivity index (χ0) is 14.8. The third kappa shape index (κ3) is 3.84. The van der Waals surface area contributed by atoms with E-state index in [1.807, 2.05) is 0 Å². The molecule has 0 aromatic carbocycles. The van der Waals surface area contributed by atoms with E-state index in [-0.39, 0.29) is 0 Å². The van der Waals surface area contributed by atoms with Gasteiger partial charge in [-0.15, -0.1) is 0 Å². The summed E-state index contributed by atoms with van der Waals surface area (Å²) in [5.74, 6) is 0.381. The van der Waals surface area contributed by atoms with E-state index in [1.165, 1.54) is 0 Å². The summed E-state index contributed by atoms with van der Waals surface area (Å²) in [7, 11) is -1.18. The lowest BCUT2D eigenvalue weighted by Crippen LogP contribution is -2.52. The molecule has 0 saturated heterocycles. The van der Waals surface area contributed by atoms with E-state index in [2.05, 4.69) is 13.8 Å². The summed E-state index contributed by atoms with van der Waals surface area (Å²) in [6, 6.07) is 1.80. The van der Waals surface area contributed by atoms with E-state index in [9.17, 15) is 10.1 Å². The van der Waals surface area contributed by atoms with Crippen LogP contribution in [0.4, 0.5) is 0 Å². The Morgan fingerprint density at radius 2 is 1.95 bits per heavy atom. The van der Waals surface area contributed by atoms with E-state index in [4.69, 9.17) is 9.07 Å². The second-order valence-corrected chi connectivity index (χ2v) is 6.13. The largest absolute Gasteiger partial charge is 0.529 e. The first-order valence-corrected chi connectivity index (χ1v) is 6.75. The van der Waals surface area contributed by atoms with Gasteiger partial charge in [0.1, 0.15) is 5.66 Å². The summed E-state index contributed by atoms with van der Waals surface area (Å²) in [6.07, 6.45) is 2.65. The molecular weight excluding hydrogens is 243 g/mol. The monoisotopic (exact) mass is 268 g/mol. The van der Waals surface area contributed by atoms with Crippen molar-refractivity contribution in [2.75, 3.05) is 0 Å². The van der Waals surface area contributed by atoms with Gasteiger partial charge in [0.25, 0.3) is 0 Å². The minimum atomic E-state index is -1.18. The molecule has 2 N–H and O–H groups in total. The molecule has 5 heteroatoms. The van der Waals surface area contributed by atoms with Crippen molar-refractivity contribution in [2.45, 2.75) is 65.1 Å². The Morgan fingerprint density at radius 3 is 2.42 bits per heavy atom. The molecule has 1 atom stereocenters. The molecule has 0 bridgehead atoms. The summed E-state index contributed by atoms with van der Waals surface area (Å²) in [4.78, 5) is 0. The predicted molar refractivity (Wildman–Crippen MR) is 76.5 cm³/mol. The van der Waals surface area contributed by atoms with Crippen molar-refractivity contribution in [3.63, 3.8) is 0 Å². The minimum absolute atomic E-state index is 0.368. The molecule has 0 amide bonds. The van der Waals surface area contributed by atoms with Gasteiger partial charge in [-0.05, 0) is 51.7 Å². The van der Waals surface area contributed by atoms with Crippen molar-refractivity contribution in [1.82, 2.24) is 0 Å². The van der Waals surface area contributed by atoms with Gasteiger partial charge in [0.05, 0.1) is 17.5 Å². The Morgan fingerprint density at radius 1 is 1.37 bits per heavy atom. The SMILES string of the molecule is CCC(C)c1coc(B(O)OC(C)(C)C(C)(C)O)c1. The Hall–Kier alpha value is -0.775. The summed E-state index contributed by atoms with van der Waals surface area (Å²) in [5.41, 5.74) is -0.551. The van der Waals surface area contributed by atoms with E-state index in [1.54, 1.807) is 40.0 Å². The van der Waals surface area contributed by atoms with E-state index < -0.39 is 18.3 Å². The average molecular weight is 268 g/mol. The lowest BCUT2D eigenvalue weighted by atomic mass is 9.80. The van der Waals surface area contributed by atoms with Crippen molar-refractivity contribution < 1.29 is 19.2 Å². The molecule has 0 spiro atoms. The van der Waals surface area contributed by atoms with Crippen LogP contribution < -0.4 is 5.66 Å². The molecule has 108 valence electrons. The summed E-state index contributed by atoms with van der Waals surface area (Å²) >= 11 is 0. The van der Waals surface area contributed by atoms with Gasteiger partial charge in [0.2, 0.25) is 0 Å². The van der Waals surface area contributed by atoms with Crippen LogP contribution in [0.2, 0.25) is 0 Å². The molecule has 1 heterocycles. The Balaban J connectivity index is 2.79. The number of aliphatic hydroxyl groups is 1. The molecule has 1 unspecified atom stereocenters. The molecule has 0 saturated carbocycles. The lowest BCUT2D eigenvalue weighted by Gasteiger charge is -2.38. The molecule has 0 fully saturated rings. The maximum Gasteiger partial charge on any atom is 0.529 e. The van der Waals surface area contributed by atoms with Gasteiger partial charge in [0.15, 0.2) is 0 Å². The van der Waals surface area contributed by atoms with E-state index in [0.717, 1.165) is 12.0 Å². The second-order valence-electron chi connectivity index (χ2n) is 6.13. The van der Waals surface area contributed by atoms with Gasteiger partial charge in [-0.2, -0.15) is 0 Å². The van der Waals surface area contributed by atoms with Gasteiger partial charge in [0, 0.05) is 0 Å². The highest BCUT2D eigenvalue weighted by atomic mass is 16.6. The average Bonchev–Trinajstić information content (AvgIpc) is 2.75. The first kappa shape index (κ1) is 16.3. The summed E-state index contributed by atoms with van der Waals surface area (Å²) in [6.45, 7) is 11.0. The molecule has 4 nitrogen and oxygen atoms in total. The summed E-state index contributed by atoms with van der Waals surface area (Å²) < 4.78 is 10.9. The Bertz CT molecular complexity index is 406. The fourth-order valence-corrected chi connectivity index (χ4v) is 1.47. The Kier molecular flexibility index (Phi) is 4.88. The van der Waals surface area contributed by atoms with Crippen molar-refractivity contribution in [3.8, 4) is 0 Å². The van der Waals surface area contributed by atoms with E-state index in [0.29, 0.717) is 11.6 Å². The van der Waals surface area contributed by atoms with Crippen LogP contribution in [0, 0.1) is 0 Å². The number of hydrogen-bond acceptors (Lipinski definition) is 4. The zero-order valence-electron chi connectivity index (χ0n) is 12.7. The van der Waals surface area contributed by atoms with Crippen LogP contribution in [0.3, 0.4) is 0 Å². The number of hydrogen-bond donors (Lipinski definition) is 2. The maximum absolute atomic E-state index is 10.1. The van der Waals surface area contributed by atoms with E-state index >= 15 is 0 Å². The molecular formula is C14H25BO4. The van der Waals surface area contributed by atoms with Crippen LogP contribution in [-0.4, -0.2) is 28.5 Å². The normalized spacial score (nSPS) is 14.5. The molecule has 0 radical (unpaired) electrons. The first-order chi connectivity index (χ1) is 8.58. The topological polar surface area (TPSA) is 62.8 Å². The van der Waals surface area contributed by atoms with Crippen molar-refractivity contribution in [1.29, 1.82) is 0 Å². The molecule has 0 aliphatic rings.